The quantitative estimate of drug-likeness (QED) is 0.348. The molecule has 2 aromatic carbocycles. The third-order valence-corrected chi connectivity index (χ3v) is 5.07. The number of hydrogen-bond acceptors (Lipinski definition) is 3. The zero-order chi connectivity index (χ0) is 16.2. The van der Waals surface area contributed by atoms with Gasteiger partial charge in [0.1, 0.15) is 5.76 Å². The van der Waals surface area contributed by atoms with E-state index in [0.717, 1.165) is 22.6 Å². The van der Waals surface area contributed by atoms with Gasteiger partial charge < -0.3 is 4.42 Å². The molecule has 2 nitrogen and oxygen atoms in total. The number of thioether (sulfide) groups is 1. The van der Waals surface area contributed by atoms with Gasteiger partial charge in [-0.2, -0.15) is 0 Å². The number of benzene rings is 2. The lowest BCUT2D eigenvalue weighted by atomic mass is 10.1. The van der Waals surface area contributed by atoms with Crippen LogP contribution in [0.3, 0.4) is 0 Å². The van der Waals surface area contributed by atoms with Crippen molar-refractivity contribution >= 4 is 34.3 Å². The van der Waals surface area contributed by atoms with Crippen LogP contribution in [-0.2, 0) is 0 Å². The Hall–Kier alpha value is -1.71. The standard InChI is InChI=1S/C19H17ClO2S/c1-13-17(21)15-9-5-10-16(23-12-6-11-20)19(15)22-18(13)14-7-3-2-4-8-14/h2-5,7-10H,6,11-12H2,1H3. The summed E-state index contributed by atoms with van der Waals surface area (Å²) in [4.78, 5) is 13.7. The Morgan fingerprint density at radius 2 is 1.87 bits per heavy atom. The van der Waals surface area contributed by atoms with Gasteiger partial charge in [-0.1, -0.05) is 36.4 Å². The van der Waals surface area contributed by atoms with E-state index < -0.39 is 0 Å². The van der Waals surface area contributed by atoms with Gasteiger partial charge in [0, 0.05) is 17.0 Å². The molecule has 3 rings (SSSR count). The lowest BCUT2D eigenvalue weighted by molar-refractivity contribution is 0.606. The molecule has 0 amide bonds. The minimum atomic E-state index is 0.0323. The summed E-state index contributed by atoms with van der Waals surface area (Å²) >= 11 is 7.43. The molecule has 118 valence electrons. The van der Waals surface area contributed by atoms with Crippen LogP contribution in [0.25, 0.3) is 22.3 Å². The molecule has 3 aromatic rings. The molecule has 0 N–H and O–H groups in total. The number of hydrogen-bond donors (Lipinski definition) is 0. The molecule has 0 aliphatic rings. The van der Waals surface area contributed by atoms with Crippen molar-refractivity contribution in [3.63, 3.8) is 0 Å². The predicted octanol–water partition coefficient (Wildman–Crippen LogP) is 5.49. The highest BCUT2D eigenvalue weighted by molar-refractivity contribution is 7.99. The Labute approximate surface area is 144 Å². The molecule has 0 radical (unpaired) electrons. The van der Waals surface area contributed by atoms with E-state index in [4.69, 9.17) is 16.0 Å². The molecule has 0 bridgehead atoms. The van der Waals surface area contributed by atoms with E-state index in [1.54, 1.807) is 11.8 Å². The van der Waals surface area contributed by atoms with E-state index >= 15 is 0 Å². The van der Waals surface area contributed by atoms with Crippen LogP contribution in [0.4, 0.5) is 0 Å². The van der Waals surface area contributed by atoms with Crippen LogP contribution in [0.15, 0.2) is 62.6 Å². The SMILES string of the molecule is Cc1c(-c2ccccc2)oc2c(SCCCCl)cccc2c1=O. The Kier molecular flexibility index (Phi) is 5.09. The van der Waals surface area contributed by atoms with Crippen molar-refractivity contribution in [1.82, 2.24) is 0 Å². The van der Waals surface area contributed by atoms with Gasteiger partial charge in [-0.3, -0.25) is 4.79 Å². The molecule has 0 atom stereocenters. The van der Waals surface area contributed by atoms with Gasteiger partial charge in [-0.25, -0.2) is 0 Å². The average Bonchev–Trinajstić information content (AvgIpc) is 2.59. The molecule has 0 saturated carbocycles. The second-order valence-corrected chi connectivity index (χ2v) is 6.79. The number of para-hydroxylation sites is 1. The van der Waals surface area contributed by atoms with Gasteiger partial charge in [-0.05, 0) is 31.2 Å². The fraction of sp³-hybridized carbons (Fsp3) is 0.211. The summed E-state index contributed by atoms with van der Waals surface area (Å²) in [6.45, 7) is 1.82. The van der Waals surface area contributed by atoms with Crippen molar-refractivity contribution < 1.29 is 4.42 Å². The Morgan fingerprint density at radius 3 is 2.61 bits per heavy atom. The van der Waals surface area contributed by atoms with E-state index in [0.29, 0.717) is 28.2 Å². The first-order valence-corrected chi connectivity index (χ1v) is 9.05. The maximum Gasteiger partial charge on any atom is 0.196 e. The summed E-state index contributed by atoms with van der Waals surface area (Å²) in [5.74, 6) is 2.19. The van der Waals surface area contributed by atoms with Crippen LogP contribution in [0.2, 0.25) is 0 Å². The molecule has 0 fully saturated rings. The molecule has 0 aliphatic heterocycles. The molecule has 4 heteroatoms. The summed E-state index contributed by atoms with van der Waals surface area (Å²) in [6.07, 6.45) is 0.921. The van der Waals surface area contributed by atoms with Gasteiger partial charge in [-0.15, -0.1) is 23.4 Å². The van der Waals surface area contributed by atoms with Gasteiger partial charge in [0.15, 0.2) is 11.0 Å². The molecule has 0 unspecified atom stereocenters. The first kappa shape index (κ1) is 16.2. The van der Waals surface area contributed by atoms with Gasteiger partial charge in [0.25, 0.3) is 0 Å². The molecule has 0 spiro atoms. The van der Waals surface area contributed by atoms with Crippen molar-refractivity contribution in [1.29, 1.82) is 0 Å². The van der Waals surface area contributed by atoms with Gasteiger partial charge >= 0.3 is 0 Å². The number of halogens is 1. The van der Waals surface area contributed by atoms with E-state index in [9.17, 15) is 4.79 Å². The Morgan fingerprint density at radius 1 is 1.09 bits per heavy atom. The topological polar surface area (TPSA) is 30.2 Å². The highest BCUT2D eigenvalue weighted by Gasteiger charge is 2.14. The molecular weight excluding hydrogens is 328 g/mol. The van der Waals surface area contributed by atoms with Crippen LogP contribution in [0.5, 0.6) is 0 Å². The first-order chi connectivity index (χ1) is 11.2. The average molecular weight is 345 g/mol. The molecule has 1 aromatic heterocycles. The summed E-state index contributed by atoms with van der Waals surface area (Å²) in [7, 11) is 0. The molecule has 0 saturated heterocycles. The van der Waals surface area contributed by atoms with E-state index in [2.05, 4.69) is 0 Å². The largest absolute Gasteiger partial charge is 0.454 e. The second kappa shape index (κ2) is 7.24. The second-order valence-electron chi connectivity index (χ2n) is 5.28. The number of rotatable bonds is 5. The maximum atomic E-state index is 12.7. The summed E-state index contributed by atoms with van der Waals surface area (Å²) < 4.78 is 6.17. The van der Waals surface area contributed by atoms with Crippen molar-refractivity contribution in [3.8, 4) is 11.3 Å². The van der Waals surface area contributed by atoms with Crippen LogP contribution in [-0.4, -0.2) is 11.6 Å². The van der Waals surface area contributed by atoms with Crippen LogP contribution in [0, 0.1) is 6.92 Å². The van der Waals surface area contributed by atoms with Crippen molar-refractivity contribution in [3.05, 3.63) is 64.3 Å². The smallest absolute Gasteiger partial charge is 0.196 e. The minimum Gasteiger partial charge on any atom is -0.454 e. The van der Waals surface area contributed by atoms with Crippen molar-refractivity contribution in [2.45, 2.75) is 18.2 Å². The van der Waals surface area contributed by atoms with E-state index in [1.807, 2.05) is 55.5 Å². The molecule has 23 heavy (non-hydrogen) atoms. The van der Waals surface area contributed by atoms with Crippen molar-refractivity contribution in [2.24, 2.45) is 0 Å². The summed E-state index contributed by atoms with van der Waals surface area (Å²) in [5, 5.41) is 0.637. The zero-order valence-corrected chi connectivity index (χ0v) is 14.4. The molecular formula is C19H17ClO2S. The highest BCUT2D eigenvalue weighted by atomic mass is 35.5. The Balaban J connectivity index is 2.18. The van der Waals surface area contributed by atoms with Crippen LogP contribution in [0.1, 0.15) is 12.0 Å². The summed E-state index contributed by atoms with van der Waals surface area (Å²) in [6, 6.07) is 15.5. The maximum absolute atomic E-state index is 12.7. The molecule has 0 aliphatic carbocycles. The normalized spacial score (nSPS) is 11.0. The third kappa shape index (κ3) is 3.31. The van der Waals surface area contributed by atoms with Crippen molar-refractivity contribution in [2.75, 3.05) is 11.6 Å². The highest BCUT2D eigenvalue weighted by Crippen LogP contribution is 2.31. The number of alkyl halides is 1. The third-order valence-electron chi connectivity index (χ3n) is 3.68. The monoisotopic (exact) mass is 344 g/mol. The lowest BCUT2D eigenvalue weighted by Gasteiger charge is -2.10. The van der Waals surface area contributed by atoms with Gasteiger partial charge in [0.2, 0.25) is 0 Å². The summed E-state index contributed by atoms with van der Waals surface area (Å²) in [5.41, 5.74) is 2.27. The molecule has 1 heterocycles. The Bertz CT molecular complexity index is 872. The van der Waals surface area contributed by atoms with E-state index in [1.165, 1.54) is 0 Å². The lowest BCUT2D eigenvalue weighted by Crippen LogP contribution is -2.07. The number of fused-ring (bicyclic) bond motifs is 1. The van der Waals surface area contributed by atoms with Gasteiger partial charge in [0.05, 0.1) is 10.3 Å². The fourth-order valence-electron chi connectivity index (χ4n) is 2.50. The first-order valence-electron chi connectivity index (χ1n) is 7.53. The predicted molar refractivity (Wildman–Crippen MR) is 98.7 cm³/mol. The van der Waals surface area contributed by atoms with Crippen LogP contribution >= 0.6 is 23.4 Å². The fourth-order valence-corrected chi connectivity index (χ4v) is 3.76. The van der Waals surface area contributed by atoms with Crippen LogP contribution < -0.4 is 5.43 Å². The zero-order valence-electron chi connectivity index (χ0n) is 12.8. The van der Waals surface area contributed by atoms with E-state index in [-0.39, 0.29) is 5.43 Å². The minimum absolute atomic E-state index is 0.0323.